The van der Waals surface area contributed by atoms with Gasteiger partial charge >= 0.3 is 6.55 Å². The number of benzene rings is 1. The average molecular weight is 468 g/mol. The zero-order valence-electron chi connectivity index (χ0n) is 15.3. The molecule has 13 heteroatoms. The van der Waals surface area contributed by atoms with Crippen molar-refractivity contribution in [3.05, 3.63) is 45.7 Å². The Bertz CT molecular complexity index is 1000. The highest BCUT2D eigenvalue weighted by Crippen LogP contribution is 2.44. The first kappa shape index (κ1) is 22.2. The molecule has 2 heterocycles. The third-order valence-corrected chi connectivity index (χ3v) is 4.99. The second kappa shape index (κ2) is 8.31. The van der Waals surface area contributed by atoms with Crippen molar-refractivity contribution in [2.45, 2.75) is 38.0 Å². The van der Waals surface area contributed by atoms with E-state index in [9.17, 15) is 22.4 Å². The molecule has 2 aromatic rings. The van der Waals surface area contributed by atoms with Crippen LogP contribution in [0, 0.1) is 0 Å². The molecular weight excluding hydrogens is 453 g/mol. The van der Waals surface area contributed by atoms with Gasteiger partial charge in [0.2, 0.25) is 0 Å². The fourth-order valence-electron chi connectivity index (χ4n) is 3.13. The van der Waals surface area contributed by atoms with Gasteiger partial charge in [0, 0.05) is 22.7 Å². The predicted octanol–water partition coefficient (Wildman–Crippen LogP) is 4.42. The van der Waals surface area contributed by atoms with Crippen LogP contribution in [0.15, 0.2) is 29.4 Å². The van der Waals surface area contributed by atoms with E-state index in [1.54, 1.807) is 6.92 Å². The lowest BCUT2D eigenvalue weighted by Gasteiger charge is -2.36. The molecule has 3 rings (SSSR count). The zero-order chi connectivity index (χ0) is 22.2. The smallest absolute Gasteiger partial charge is 0.333 e. The molecule has 2 atom stereocenters. The second-order valence-electron chi connectivity index (χ2n) is 6.54. The van der Waals surface area contributed by atoms with Crippen molar-refractivity contribution in [1.29, 1.82) is 0 Å². The van der Waals surface area contributed by atoms with Gasteiger partial charge in [-0.15, -0.1) is 0 Å². The van der Waals surface area contributed by atoms with Crippen LogP contribution < -0.4 is 11.1 Å². The molecule has 0 unspecified atom stereocenters. The van der Waals surface area contributed by atoms with E-state index in [0.717, 1.165) is 6.20 Å². The number of aromatic nitrogens is 2. The van der Waals surface area contributed by atoms with Gasteiger partial charge in [-0.3, -0.25) is 4.79 Å². The minimum Gasteiger partial charge on any atom is -0.462 e. The van der Waals surface area contributed by atoms with Gasteiger partial charge in [-0.2, -0.15) is 13.9 Å². The van der Waals surface area contributed by atoms with E-state index in [1.807, 2.05) is 0 Å². The fraction of sp³-hybridized carbons (Fsp3) is 0.353. The number of alkyl halides is 4. The number of hydrogen-bond acceptors (Lipinski definition) is 5. The molecule has 3 N–H and O–H groups in total. The Morgan fingerprint density at radius 2 is 2.03 bits per heavy atom. The molecule has 7 nitrogen and oxygen atoms in total. The number of amidine groups is 1. The zero-order valence-corrected chi connectivity index (χ0v) is 16.8. The maximum Gasteiger partial charge on any atom is 0.333 e. The Labute approximate surface area is 177 Å². The van der Waals surface area contributed by atoms with Gasteiger partial charge in [0.15, 0.2) is 11.2 Å². The van der Waals surface area contributed by atoms with Crippen molar-refractivity contribution in [1.82, 2.24) is 9.78 Å². The van der Waals surface area contributed by atoms with Crippen LogP contribution >= 0.6 is 23.2 Å². The molecule has 0 saturated heterocycles. The minimum absolute atomic E-state index is 0.0287. The molecule has 1 aliphatic rings. The number of aliphatic imine (C=N–C) groups is 1. The number of nitrogens with one attached hydrogen (secondary N) is 1. The van der Waals surface area contributed by atoms with Gasteiger partial charge in [0.1, 0.15) is 6.10 Å². The maximum atomic E-state index is 14.1. The second-order valence-corrected chi connectivity index (χ2v) is 7.35. The van der Waals surface area contributed by atoms with E-state index >= 15 is 0 Å². The lowest BCUT2D eigenvalue weighted by Crippen LogP contribution is -2.44. The predicted molar refractivity (Wildman–Crippen MR) is 102 cm³/mol. The lowest BCUT2D eigenvalue weighted by molar-refractivity contribution is 0.00708. The summed E-state index contributed by atoms with van der Waals surface area (Å²) in [7, 11) is 0. The van der Waals surface area contributed by atoms with Crippen LogP contribution in [0.2, 0.25) is 10.0 Å². The Hall–Kier alpha value is -2.53. The van der Waals surface area contributed by atoms with Crippen LogP contribution in [-0.2, 0) is 10.3 Å². The number of nitrogens with two attached hydrogens (primary N) is 1. The Balaban J connectivity index is 1.97. The van der Waals surface area contributed by atoms with Crippen LogP contribution in [0.5, 0.6) is 0 Å². The molecule has 0 radical (unpaired) electrons. The molecule has 162 valence electrons. The fourth-order valence-corrected chi connectivity index (χ4v) is 3.63. The van der Waals surface area contributed by atoms with Crippen molar-refractivity contribution in [3.8, 4) is 0 Å². The summed E-state index contributed by atoms with van der Waals surface area (Å²) in [6.07, 6.45) is -3.07. The molecule has 1 amide bonds. The molecule has 1 aromatic carbocycles. The first-order valence-corrected chi connectivity index (χ1v) is 9.23. The number of hydrogen-bond donors (Lipinski definition) is 2. The number of carbonyl (C=O) groups excluding carboxylic acids is 1. The van der Waals surface area contributed by atoms with Crippen LogP contribution in [0.3, 0.4) is 0 Å². The number of halogens is 6. The molecular formula is C17H15Cl2F4N5O2. The first-order chi connectivity index (χ1) is 14.0. The van der Waals surface area contributed by atoms with Crippen LogP contribution in [-0.4, -0.2) is 34.2 Å². The standard InChI is InChI=1S/C17H15Cl2F4N5O2/c1-7-5-17(14(20)21,26-16(24)30-7)9-4-8(2-3-10(9)18)25-13(29)12-11(19)6-28(27-12)15(22)23/h2-4,6-7,14-15H,5H2,1H3,(H2,24,26)(H,25,29)/t7-,17-/m1/s1. The number of rotatable bonds is 5. The largest absolute Gasteiger partial charge is 0.462 e. The van der Waals surface area contributed by atoms with Crippen molar-refractivity contribution in [2.24, 2.45) is 10.7 Å². The topological polar surface area (TPSA) is 94.5 Å². The van der Waals surface area contributed by atoms with Gasteiger partial charge in [0.05, 0.1) is 11.2 Å². The van der Waals surface area contributed by atoms with Gasteiger partial charge < -0.3 is 15.8 Å². The molecule has 0 bridgehead atoms. The van der Waals surface area contributed by atoms with Crippen molar-refractivity contribution in [2.75, 3.05) is 5.32 Å². The molecule has 30 heavy (non-hydrogen) atoms. The summed E-state index contributed by atoms with van der Waals surface area (Å²) in [5.41, 5.74) is 2.98. The summed E-state index contributed by atoms with van der Waals surface area (Å²) >= 11 is 11.9. The van der Waals surface area contributed by atoms with Gasteiger partial charge in [-0.05, 0) is 25.1 Å². The van der Waals surface area contributed by atoms with Crippen LogP contribution in [0.25, 0.3) is 0 Å². The van der Waals surface area contributed by atoms with Gasteiger partial charge in [0.25, 0.3) is 18.4 Å². The monoisotopic (exact) mass is 467 g/mol. The molecule has 1 aromatic heterocycles. The quantitative estimate of drug-likeness (QED) is 0.636. The minimum atomic E-state index is -2.99. The first-order valence-electron chi connectivity index (χ1n) is 8.48. The number of carbonyl (C=O) groups is 1. The summed E-state index contributed by atoms with van der Waals surface area (Å²) in [4.78, 5) is 16.2. The van der Waals surface area contributed by atoms with E-state index in [1.165, 1.54) is 18.2 Å². The Morgan fingerprint density at radius 3 is 2.60 bits per heavy atom. The maximum absolute atomic E-state index is 14.1. The highest BCUT2D eigenvalue weighted by Gasteiger charge is 2.47. The highest BCUT2D eigenvalue weighted by molar-refractivity contribution is 6.34. The number of anilines is 1. The van der Waals surface area contributed by atoms with Crippen molar-refractivity contribution < 1.29 is 27.1 Å². The van der Waals surface area contributed by atoms with Crippen molar-refractivity contribution in [3.63, 3.8) is 0 Å². The summed E-state index contributed by atoms with van der Waals surface area (Å²) in [6.45, 7) is -1.43. The molecule has 0 fully saturated rings. The highest BCUT2D eigenvalue weighted by atomic mass is 35.5. The van der Waals surface area contributed by atoms with Gasteiger partial charge in [-0.1, -0.05) is 23.2 Å². The third kappa shape index (κ3) is 4.17. The van der Waals surface area contributed by atoms with Crippen LogP contribution in [0.4, 0.5) is 23.2 Å². The number of amides is 1. The summed E-state index contributed by atoms with van der Waals surface area (Å²) < 4.78 is 59.0. The Morgan fingerprint density at radius 1 is 1.33 bits per heavy atom. The summed E-state index contributed by atoms with van der Waals surface area (Å²) in [5, 5.41) is 5.46. The van der Waals surface area contributed by atoms with E-state index in [2.05, 4.69) is 15.4 Å². The van der Waals surface area contributed by atoms with E-state index in [0.29, 0.717) is 0 Å². The van der Waals surface area contributed by atoms with E-state index in [4.69, 9.17) is 33.7 Å². The number of nitrogens with zero attached hydrogens (tertiary/aromatic N) is 3. The summed E-state index contributed by atoms with van der Waals surface area (Å²) in [6, 6.07) is 3.43. The SMILES string of the molecule is C[C@@H]1C[C@@](c2cc(NC(=O)c3nn(C(F)F)cc3Cl)ccc2Cl)(C(F)F)N=C(N)O1. The lowest BCUT2D eigenvalue weighted by atomic mass is 9.84. The van der Waals surface area contributed by atoms with E-state index < -0.39 is 42.2 Å². The van der Waals surface area contributed by atoms with Crippen molar-refractivity contribution >= 4 is 40.8 Å². The molecule has 0 aliphatic carbocycles. The molecule has 1 aliphatic heterocycles. The molecule has 0 spiro atoms. The Kier molecular flexibility index (Phi) is 6.14. The normalized spacial score (nSPS) is 21.5. The average Bonchev–Trinajstić information content (AvgIpc) is 3.04. The molecule has 0 saturated carbocycles. The third-order valence-electron chi connectivity index (χ3n) is 4.38. The van der Waals surface area contributed by atoms with E-state index in [-0.39, 0.29) is 32.4 Å². The summed E-state index contributed by atoms with van der Waals surface area (Å²) in [5.74, 6) is -0.915. The van der Waals surface area contributed by atoms with Crippen LogP contribution in [0.1, 0.15) is 35.9 Å². The number of ether oxygens (including phenoxy) is 1. The van der Waals surface area contributed by atoms with Gasteiger partial charge in [-0.25, -0.2) is 18.5 Å².